The Morgan fingerprint density at radius 2 is 1.78 bits per heavy atom. The predicted octanol–water partition coefficient (Wildman–Crippen LogP) is 2.83. The lowest BCUT2D eigenvalue weighted by Gasteiger charge is -2.21. The van der Waals surface area contributed by atoms with Crippen molar-refractivity contribution in [2.24, 2.45) is 0 Å². The Morgan fingerprint density at radius 3 is 2.44 bits per heavy atom. The van der Waals surface area contributed by atoms with Crippen LogP contribution in [0.25, 0.3) is 0 Å². The third-order valence-corrected chi connectivity index (χ3v) is 3.50. The Balaban J connectivity index is 2.06. The highest BCUT2D eigenvalue weighted by Gasteiger charge is 2.13. The number of methoxy groups -OCH3 is 1. The zero-order valence-electron chi connectivity index (χ0n) is 11.7. The number of nitrogens with one attached hydrogen (secondary N) is 2. The average molecular weight is 256 g/mol. The van der Waals surface area contributed by atoms with E-state index in [9.17, 15) is 4.79 Å². The maximum absolute atomic E-state index is 11.7. The van der Waals surface area contributed by atoms with E-state index in [0.29, 0.717) is 6.04 Å². The van der Waals surface area contributed by atoms with Gasteiger partial charge < -0.3 is 15.4 Å². The van der Waals surface area contributed by atoms with E-state index < -0.39 is 0 Å². The summed E-state index contributed by atoms with van der Waals surface area (Å²) in [5.41, 5.74) is 0. The van der Waals surface area contributed by atoms with E-state index in [-0.39, 0.29) is 6.03 Å². The summed E-state index contributed by atoms with van der Waals surface area (Å²) in [7, 11) is 1.70. The second-order valence-electron chi connectivity index (χ2n) is 5.14. The number of carbonyl (C=O) groups is 1. The van der Waals surface area contributed by atoms with Gasteiger partial charge in [-0.15, -0.1) is 0 Å². The van der Waals surface area contributed by atoms with Crippen LogP contribution >= 0.6 is 0 Å². The van der Waals surface area contributed by atoms with Gasteiger partial charge in [0.15, 0.2) is 0 Å². The van der Waals surface area contributed by atoms with Crippen molar-refractivity contribution in [1.29, 1.82) is 0 Å². The third kappa shape index (κ3) is 7.54. The molecule has 0 heterocycles. The molecule has 4 heteroatoms. The van der Waals surface area contributed by atoms with Crippen LogP contribution in [0.1, 0.15) is 57.8 Å². The van der Waals surface area contributed by atoms with Crippen molar-refractivity contribution in [3.05, 3.63) is 0 Å². The van der Waals surface area contributed by atoms with E-state index in [1.54, 1.807) is 7.11 Å². The Morgan fingerprint density at radius 1 is 1.11 bits per heavy atom. The second-order valence-corrected chi connectivity index (χ2v) is 5.14. The lowest BCUT2D eigenvalue weighted by molar-refractivity contribution is 0.192. The summed E-state index contributed by atoms with van der Waals surface area (Å²) in [6.45, 7) is 1.51. The standard InChI is InChI=1S/C14H28N2O2/c1-18-12-8-7-11-15-14(17)16-13-9-5-3-2-4-6-10-13/h13H,2-12H2,1H3,(H2,15,16,17). The third-order valence-electron chi connectivity index (χ3n) is 3.50. The van der Waals surface area contributed by atoms with Crippen LogP contribution in [0, 0.1) is 0 Å². The van der Waals surface area contributed by atoms with E-state index in [1.807, 2.05) is 0 Å². The monoisotopic (exact) mass is 256 g/mol. The Bertz CT molecular complexity index is 214. The largest absolute Gasteiger partial charge is 0.385 e. The lowest BCUT2D eigenvalue weighted by atomic mass is 9.97. The van der Waals surface area contributed by atoms with Crippen LogP contribution in [0.4, 0.5) is 4.79 Å². The number of hydrogen-bond donors (Lipinski definition) is 2. The fraction of sp³-hybridized carbons (Fsp3) is 0.929. The minimum absolute atomic E-state index is 0.00186. The van der Waals surface area contributed by atoms with Gasteiger partial charge in [-0.1, -0.05) is 32.1 Å². The summed E-state index contributed by atoms with van der Waals surface area (Å²) in [5, 5.41) is 6.02. The molecule has 1 saturated carbocycles. The molecule has 0 aromatic heterocycles. The Labute approximate surface area is 111 Å². The first-order valence-corrected chi connectivity index (χ1v) is 7.36. The molecule has 0 aliphatic heterocycles. The predicted molar refractivity (Wildman–Crippen MR) is 73.8 cm³/mol. The van der Waals surface area contributed by atoms with Gasteiger partial charge in [0.1, 0.15) is 0 Å². The van der Waals surface area contributed by atoms with Crippen LogP contribution in [0.2, 0.25) is 0 Å². The number of carbonyl (C=O) groups excluding carboxylic acids is 1. The molecule has 0 radical (unpaired) electrons. The van der Waals surface area contributed by atoms with Gasteiger partial charge in [-0.05, 0) is 25.7 Å². The molecule has 0 spiro atoms. The lowest BCUT2D eigenvalue weighted by Crippen LogP contribution is -2.42. The Hall–Kier alpha value is -0.770. The SMILES string of the molecule is COCCCCNC(=O)NC1CCCCCCC1. The number of amides is 2. The normalized spacial score (nSPS) is 17.8. The molecular formula is C14H28N2O2. The van der Waals surface area contributed by atoms with Gasteiger partial charge in [0.25, 0.3) is 0 Å². The molecular weight excluding hydrogens is 228 g/mol. The molecule has 1 fully saturated rings. The highest BCUT2D eigenvalue weighted by atomic mass is 16.5. The summed E-state index contributed by atoms with van der Waals surface area (Å²) in [6.07, 6.45) is 10.7. The topological polar surface area (TPSA) is 50.4 Å². The van der Waals surface area contributed by atoms with Crippen molar-refractivity contribution < 1.29 is 9.53 Å². The number of hydrogen-bond acceptors (Lipinski definition) is 2. The Kier molecular flexibility index (Phi) is 8.65. The molecule has 1 rings (SSSR count). The molecule has 1 aliphatic rings. The molecule has 1 aliphatic carbocycles. The zero-order chi connectivity index (χ0) is 13.1. The van der Waals surface area contributed by atoms with Gasteiger partial charge in [0.05, 0.1) is 0 Å². The van der Waals surface area contributed by atoms with Gasteiger partial charge in [-0.3, -0.25) is 0 Å². The van der Waals surface area contributed by atoms with Gasteiger partial charge in [-0.2, -0.15) is 0 Å². The van der Waals surface area contributed by atoms with Crippen LogP contribution < -0.4 is 10.6 Å². The van der Waals surface area contributed by atoms with Crippen molar-refractivity contribution in [3.8, 4) is 0 Å². The first kappa shape index (κ1) is 15.3. The number of unbranched alkanes of at least 4 members (excludes halogenated alkanes) is 1. The molecule has 0 aromatic carbocycles. The summed E-state index contributed by atoms with van der Waals surface area (Å²) in [5.74, 6) is 0. The molecule has 0 saturated heterocycles. The van der Waals surface area contributed by atoms with E-state index in [1.165, 1.54) is 32.1 Å². The fourth-order valence-corrected chi connectivity index (χ4v) is 2.41. The average Bonchev–Trinajstić information content (AvgIpc) is 2.32. The molecule has 2 amide bonds. The zero-order valence-corrected chi connectivity index (χ0v) is 11.7. The van der Waals surface area contributed by atoms with Gasteiger partial charge in [0.2, 0.25) is 0 Å². The van der Waals surface area contributed by atoms with Crippen molar-refractivity contribution in [2.75, 3.05) is 20.3 Å². The molecule has 0 atom stereocenters. The van der Waals surface area contributed by atoms with Gasteiger partial charge >= 0.3 is 6.03 Å². The fourth-order valence-electron chi connectivity index (χ4n) is 2.41. The molecule has 106 valence electrons. The minimum atomic E-state index is -0.00186. The maximum Gasteiger partial charge on any atom is 0.315 e. The van der Waals surface area contributed by atoms with Crippen LogP contribution in [-0.4, -0.2) is 32.3 Å². The summed E-state index contributed by atoms with van der Waals surface area (Å²) in [6, 6.07) is 0.377. The van der Waals surface area contributed by atoms with Crippen LogP contribution in [0.5, 0.6) is 0 Å². The first-order valence-electron chi connectivity index (χ1n) is 7.36. The highest BCUT2D eigenvalue weighted by molar-refractivity contribution is 5.74. The van der Waals surface area contributed by atoms with Crippen LogP contribution in [-0.2, 0) is 4.74 Å². The summed E-state index contributed by atoms with van der Waals surface area (Å²) >= 11 is 0. The van der Waals surface area contributed by atoms with Gasteiger partial charge in [-0.25, -0.2) is 4.79 Å². The summed E-state index contributed by atoms with van der Waals surface area (Å²) in [4.78, 5) is 11.7. The van der Waals surface area contributed by atoms with E-state index in [2.05, 4.69) is 10.6 Å². The smallest absolute Gasteiger partial charge is 0.315 e. The molecule has 2 N–H and O–H groups in total. The van der Waals surface area contributed by atoms with Crippen molar-refractivity contribution in [2.45, 2.75) is 63.8 Å². The van der Waals surface area contributed by atoms with E-state index in [0.717, 1.165) is 38.8 Å². The maximum atomic E-state index is 11.7. The van der Waals surface area contributed by atoms with E-state index >= 15 is 0 Å². The van der Waals surface area contributed by atoms with Crippen molar-refractivity contribution in [1.82, 2.24) is 10.6 Å². The second kappa shape index (κ2) is 10.2. The van der Waals surface area contributed by atoms with E-state index in [4.69, 9.17) is 4.74 Å². The minimum Gasteiger partial charge on any atom is -0.385 e. The van der Waals surface area contributed by atoms with Crippen LogP contribution in [0.3, 0.4) is 0 Å². The van der Waals surface area contributed by atoms with Crippen molar-refractivity contribution >= 4 is 6.03 Å². The molecule has 4 nitrogen and oxygen atoms in total. The molecule has 0 bridgehead atoms. The first-order chi connectivity index (χ1) is 8.83. The molecule has 0 aromatic rings. The van der Waals surface area contributed by atoms with Crippen LogP contribution in [0.15, 0.2) is 0 Å². The molecule has 18 heavy (non-hydrogen) atoms. The number of rotatable bonds is 6. The quantitative estimate of drug-likeness (QED) is 0.718. The van der Waals surface area contributed by atoms with Gasteiger partial charge in [0, 0.05) is 26.3 Å². The number of urea groups is 1. The highest BCUT2D eigenvalue weighted by Crippen LogP contribution is 2.16. The number of ether oxygens (including phenoxy) is 1. The van der Waals surface area contributed by atoms with Crippen molar-refractivity contribution in [3.63, 3.8) is 0 Å². The molecule has 0 unspecified atom stereocenters. The summed E-state index contributed by atoms with van der Waals surface area (Å²) < 4.78 is 4.97.